The van der Waals surface area contributed by atoms with E-state index in [1.165, 1.54) is 19.4 Å². The molecule has 3 unspecified atom stereocenters. The summed E-state index contributed by atoms with van der Waals surface area (Å²) in [6.45, 7) is 5.98. The first-order valence-corrected chi connectivity index (χ1v) is 5.53. The Morgan fingerprint density at radius 3 is 2.54 bits per heavy atom. The standard InChI is InChI=1S/C11H22N2/c1-8(2)13-6-5-9-10(12(3)4)7-11(9)13/h8-11H,5-7H2,1-4H3. The van der Waals surface area contributed by atoms with Crippen LogP contribution < -0.4 is 0 Å². The molecule has 2 aliphatic rings. The van der Waals surface area contributed by atoms with Crippen molar-refractivity contribution >= 4 is 0 Å². The van der Waals surface area contributed by atoms with Crippen LogP contribution in [0.25, 0.3) is 0 Å². The molecule has 0 aromatic rings. The largest absolute Gasteiger partial charge is 0.306 e. The fourth-order valence-electron chi connectivity index (χ4n) is 3.12. The van der Waals surface area contributed by atoms with Gasteiger partial charge in [-0.25, -0.2) is 0 Å². The van der Waals surface area contributed by atoms with Gasteiger partial charge in [-0.3, -0.25) is 4.90 Å². The molecule has 0 spiro atoms. The van der Waals surface area contributed by atoms with Crippen molar-refractivity contribution < 1.29 is 0 Å². The molecule has 1 aliphatic heterocycles. The lowest BCUT2D eigenvalue weighted by Gasteiger charge is -2.48. The highest BCUT2D eigenvalue weighted by Gasteiger charge is 2.49. The minimum Gasteiger partial charge on any atom is -0.306 e. The molecule has 1 aliphatic carbocycles. The highest BCUT2D eigenvalue weighted by molar-refractivity contribution is 5.04. The van der Waals surface area contributed by atoms with Gasteiger partial charge in [0.1, 0.15) is 0 Å². The molecule has 2 rings (SSSR count). The molecular formula is C11H22N2. The quantitative estimate of drug-likeness (QED) is 0.637. The van der Waals surface area contributed by atoms with Crippen LogP contribution in [0.15, 0.2) is 0 Å². The molecule has 76 valence electrons. The predicted octanol–water partition coefficient (Wildman–Crippen LogP) is 1.42. The van der Waals surface area contributed by atoms with Crippen LogP contribution in [-0.2, 0) is 0 Å². The molecule has 0 bridgehead atoms. The Balaban J connectivity index is 1.95. The van der Waals surface area contributed by atoms with Gasteiger partial charge in [-0.05, 0) is 53.2 Å². The molecule has 2 heteroatoms. The van der Waals surface area contributed by atoms with Crippen LogP contribution in [0, 0.1) is 5.92 Å². The first-order chi connectivity index (χ1) is 6.11. The zero-order valence-corrected chi connectivity index (χ0v) is 9.33. The molecule has 0 radical (unpaired) electrons. The van der Waals surface area contributed by atoms with Gasteiger partial charge in [0.15, 0.2) is 0 Å². The van der Waals surface area contributed by atoms with E-state index in [1.54, 1.807) is 0 Å². The molecule has 1 heterocycles. The van der Waals surface area contributed by atoms with Crippen LogP contribution in [0.3, 0.4) is 0 Å². The van der Waals surface area contributed by atoms with Crippen molar-refractivity contribution in [2.24, 2.45) is 5.92 Å². The third kappa shape index (κ3) is 1.40. The van der Waals surface area contributed by atoms with Gasteiger partial charge in [-0.1, -0.05) is 0 Å². The van der Waals surface area contributed by atoms with Gasteiger partial charge in [0.25, 0.3) is 0 Å². The fourth-order valence-corrected chi connectivity index (χ4v) is 3.12. The molecule has 0 amide bonds. The molecule has 0 aromatic heterocycles. The van der Waals surface area contributed by atoms with E-state index in [2.05, 4.69) is 37.7 Å². The lowest BCUT2D eigenvalue weighted by Crippen LogP contribution is -2.56. The number of hydrogen-bond donors (Lipinski definition) is 0. The number of likely N-dealkylation sites (tertiary alicyclic amines) is 1. The van der Waals surface area contributed by atoms with Crippen LogP contribution in [0.5, 0.6) is 0 Å². The smallest absolute Gasteiger partial charge is 0.0157 e. The van der Waals surface area contributed by atoms with E-state index in [0.717, 1.165) is 24.0 Å². The topological polar surface area (TPSA) is 6.48 Å². The second-order valence-corrected chi connectivity index (χ2v) is 5.12. The number of fused-ring (bicyclic) bond motifs is 1. The van der Waals surface area contributed by atoms with Gasteiger partial charge >= 0.3 is 0 Å². The van der Waals surface area contributed by atoms with Crippen molar-refractivity contribution in [3.63, 3.8) is 0 Å². The Bertz CT molecular complexity index is 189. The summed E-state index contributed by atoms with van der Waals surface area (Å²) < 4.78 is 0. The molecule has 1 saturated carbocycles. The summed E-state index contributed by atoms with van der Waals surface area (Å²) in [4.78, 5) is 5.09. The highest BCUT2D eigenvalue weighted by Crippen LogP contribution is 2.43. The Morgan fingerprint density at radius 2 is 2.00 bits per heavy atom. The molecule has 0 aromatic carbocycles. The molecule has 2 fully saturated rings. The van der Waals surface area contributed by atoms with Crippen LogP contribution in [0.1, 0.15) is 26.7 Å². The van der Waals surface area contributed by atoms with Crippen LogP contribution >= 0.6 is 0 Å². The summed E-state index contributed by atoms with van der Waals surface area (Å²) in [5.74, 6) is 0.970. The second kappa shape index (κ2) is 3.25. The maximum absolute atomic E-state index is 2.69. The van der Waals surface area contributed by atoms with E-state index in [9.17, 15) is 0 Å². The lowest BCUT2D eigenvalue weighted by atomic mass is 9.74. The average Bonchev–Trinajstić information content (AvgIpc) is 2.27. The van der Waals surface area contributed by atoms with Crippen LogP contribution in [0.4, 0.5) is 0 Å². The summed E-state index contributed by atoms with van der Waals surface area (Å²) in [7, 11) is 4.44. The van der Waals surface area contributed by atoms with E-state index in [0.29, 0.717) is 0 Å². The summed E-state index contributed by atoms with van der Waals surface area (Å²) in [5.41, 5.74) is 0. The van der Waals surface area contributed by atoms with E-state index < -0.39 is 0 Å². The zero-order valence-electron chi connectivity index (χ0n) is 9.33. The Kier molecular flexibility index (Phi) is 2.37. The predicted molar refractivity (Wildman–Crippen MR) is 55.8 cm³/mol. The van der Waals surface area contributed by atoms with Gasteiger partial charge in [0.05, 0.1) is 0 Å². The first-order valence-electron chi connectivity index (χ1n) is 5.53. The summed E-state index contributed by atoms with van der Waals surface area (Å²) in [5, 5.41) is 0. The molecule has 13 heavy (non-hydrogen) atoms. The minimum atomic E-state index is 0.748. The third-order valence-corrected chi connectivity index (χ3v) is 3.94. The average molecular weight is 182 g/mol. The lowest BCUT2D eigenvalue weighted by molar-refractivity contribution is 0.0271. The van der Waals surface area contributed by atoms with E-state index in [-0.39, 0.29) is 0 Å². The highest BCUT2D eigenvalue weighted by atomic mass is 15.3. The zero-order chi connectivity index (χ0) is 9.59. The van der Waals surface area contributed by atoms with Gasteiger partial charge in [-0.15, -0.1) is 0 Å². The first kappa shape index (κ1) is 9.47. The van der Waals surface area contributed by atoms with Crippen molar-refractivity contribution in [1.82, 2.24) is 9.80 Å². The third-order valence-electron chi connectivity index (χ3n) is 3.94. The maximum atomic E-state index is 2.69. The Hall–Kier alpha value is -0.0800. The summed E-state index contributed by atoms with van der Waals surface area (Å²) >= 11 is 0. The van der Waals surface area contributed by atoms with Crippen molar-refractivity contribution in [1.29, 1.82) is 0 Å². The van der Waals surface area contributed by atoms with Gasteiger partial charge in [0, 0.05) is 18.1 Å². The molecular weight excluding hydrogens is 160 g/mol. The van der Waals surface area contributed by atoms with Gasteiger partial charge in [-0.2, -0.15) is 0 Å². The molecule has 3 atom stereocenters. The normalized spacial score (nSPS) is 39.7. The minimum absolute atomic E-state index is 0.748. The molecule has 2 nitrogen and oxygen atoms in total. The maximum Gasteiger partial charge on any atom is 0.0157 e. The van der Waals surface area contributed by atoms with Crippen molar-refractivity contribution in [2.75, 3.05) is 20.6 Å². The summed E-state index contributed by atoms with van der Waals surface area (Å²) in [6.07, 6.45) is 2.82. The van der Waals surface area contributed by atoms with Crippen LogP contribution in [0.2, 0.25) is 0 Å². The van der Waals surface area contributed by atoms with E-state index >= 15 is 0 Å². The SMILES string of the molecule is CC(C)N1CCC2C(N(C)C)CC21. The number of nitrogens with zero attached hydrogens (tertiary/aromatic N) is 2. The van der Waals surface area contributed by atoms with E-state index in [4.69, 9.17) is 0 Å². The Morgan fingerprint density at radius 1 is 1.31 bits per heavy atom. The fraction of sp³-hybridized carbons (Fsp3) is 1.00. The Labute approximate surface area is 81.9 Å². The van der Waals surface area contributed by atoms with Crippen LogP contribution in [-0.4, -0.2) is 48.6 Å². The summed E-state index contributed by atoms with van der Waals surface area (Å²) in [6, 6.07) is 2.53. The molecule has 0 N–H and O–H groups in total. The van der Waals surface area contributed by atoms with E-state index in [1.807, 2.05) is 0 Å². The van der Waals surface area contributed by atoms with Gasteiger partial charge < -0.3 is 4.90 Å². The van der Waals surface area contributed by atoms with Crippen molar-refractivity contribution in [3.8, 4) is 0 Å². The van der Waals surface area contributed by atoms with Gasteiger partial charge in [0.2, 0.25) is 0 Å². The number of rotatable bonds is 2. The second-order valence-electron chi connectivity index (χ2n) is 5.12. The monoisotopic (exact) mass is 182 g/mol. The number of hydrogen-bond acceptors (Lipinski definition) is 2. The van der Waals surface area contributed by atoms with Crippen molar-refractivity contribution in [2.45, 2.75) is 44.8 Å². The van der Waals surface area contributed by atoms with Crippen molar-refractivity contribution in [3.05, 3.63) is 0 Å². The molecule has 1 saturated heterocycles.